The third-order valence-corrected chi connectivity index (χ3v) is 12.4. The standard InChI is InChI=1S/C44H38N6O6S2/c1-7-53-42(51)40-35(21-55-29-13-9-27(10-14-29)37-31(17-45)23(3)49-24(4)32(37)18-46)39-36(41(43(52)54-8-2)58-44(39)57-40)22-56-30-15-11-28(12-16-30)38-33(19-47)25(5)50-26(6)34(38)20-48/h9-16,37-38,49-50H,7-8,21-22H2,1-6H3. The van der Waals surface area contributed by atoms with E-state index in [1.807, 2.05) is 52.0 Å². The molecule has 2 aliphatic heterocycles. The van der Waals surface area contributed by atoms with Crippen molar-refractivity contribution in [2.75, 3.05) is 13.2 Å². The van der Waals surface area contributed by atoms with Crippen LogP contribution in [-0.2, 0) is 22.7 Å². The molecular formula is C44H38N6O6S2. The fraction of sp³-hybridized carbons (Fsp3) is 0.273. The molecule has 0 amide bonds. The quantitative estimate of drug-likeness (QED) is 0.129. The molecule has 4 heterocycles. The molecule has 0 aliphatic carbocycles. The number of nitrogens with zero attached hydrogens (tertiary/aromatic N) is 4. The number of carbonyl (C=O) groups excluding carboxylic acids is 2. The minimum Gasteiger partial charge on any atom is -0.489 e. The van der Waals surface area contributed by atoms with Gasteiger partial charge in [0.2, 0.25) is 0 Å². The summed E-state index contributed by atoms with van der Waals surface area (Å²) in [7, 11) is 0. The molecule has 0 bridgehead atoms. The average Bonchev–Trinajstić information content (AvgIpc) is 3.76. The number of nitrogens with one attached hydrogen (secondary N) is 2. The zero-order valence-electron chi connectivity index (χ0n) is 32.7. The second-order valence-corrected chi connectivity index (χ2v) is 15.7. The summed E-state index contributed by atoms with van der Waals surface area (Å²) in [5.41, 5.74) is 7.14. The molecule has 0 radical (unpaired) electrons. The fourth-order valence-corrected chi connectivity index (χ4v) is 9.74. The van der Waals surface area contributed by atoms with E-state index in [9.17, 15) is 30.6 Å². The predicted molar refractivity (Wildman–Crippen MR) is 218 cm³/mol. The minimum absolute atomic E-state index is 0.0506. The summed E-state index contributed by atoms with van der Waals surface area (Å²) in [4.78, 5) is 27.3. The van der Waals surface area contributed by atoms with Crippen LogP contribution < -0.4 is 20.1 Å². The van der Waals surface area contributed by atoms with Gasteiger partial charge in [-0.25, -0.2) is 9.59 Å². The van der Waals surface area contributed by atoms with Crippen LogP contribution in [0, 0.1) is 45.3 Å². The summed E-state index contributed by atoms with van der Waals surface area (Å²) in [5.74, 6) is -1.14. The molecule has 292 valence electrons. The van der Waals surface area contributed by atoms with Crippen molar-refractivity contribution in [2.24, 2.45) is 0 Å². The van der Waals surface area contributed by atoms with E-state index in [1.165, 1.54) is 22.7 Å². The number of carbonyl (C=O) groups is 2. The van der Waals surface area contributed by atoms with Crippen molar-refractivity contribution in [1.29, 1.82) is 21.0 Å². The molecule has 14 heteroatoms. The molecule has 0 saturated carbocycles. The van der Waals surface area contributed by atoms with Gasteiger partial charge >= 0.3 is 11.9 Å². The molecular weight excluding hydrogens is 773 g/mol. The maximum Gasteiger partial charge on any atom is 0.348 e. The van der Waals surface area contributed by atoms with Crippen LogP contribution >= 0.6 is 22.7 Å². The Morgan fingerprint density at radius 3 is 1.21 bits per heavy atom. The van der Waals surface area contributed by atoms with Gasteiger partial charge in [0.1, 0.15) is 34.5 Å². The van der Waals surface area contributed by atoms with Crippen LogP contribution in [0.4, 0.5) is 0 Å². The second kappa shape index (κ2) is 17.5. The first-order chi connectivity index (χ1) is 28.0. The van der Waals surface area contributed by atoms with Crippen molar-refractivity contribution in [1.82, 2.24) is 10.6 Å². The lowest BCUT2D eigenvalue weighted by molar-refractivity contribution is 0.0520. The molecule has 58 heavy (non-hydrogen) atoms. The van der Waals surface area contributed by atoms with Gasteiger partial charge in [-0.2, -0.15) is 21.0 Å². The lowest BCUT2D eigenvalue weighted by Crippen LogP contribution is -2.23. The number of esters is 2. The highest BCUT2D eigenvalue weighted by atomic mass is 32.2. The lowest BCUT2D eigenvalue weighted by Gasteiger charge is -2.26. The fourth-order valence-electron chi connectivity index (χ4n) is 7.16. The van der Waals surface area contributed by atoms with Crippen molar-refractivity contribution in [2.45, 2.75) is 66.6 Å². The van der Waals surface area contributed by atoms with E-state index >= 15 is 0 Å². The smallest absolute Gasteiger partial charge is 0.348 e. The number of benzene rings is 2. The third-order valence-electron chi connectivity index (χ3n) is 9.86. The number of rotatable bonds is 12. The zero-order chi connectivity index (χ0) is 41.7. The van der Waals surface area contributed by atoms with Crippen molar-refractivity contribution in [3.63, 3.8) is 0 Å². The maximum atomic E-state index is 13.3. The third kappa shape index (κ3) is 7.77. The van der Waals surface area contributed by atoms with E-state index in [0.717, 1.165) is 11.1 Å². The summed E-state index contributed by atoms with van der Waals surface area (Å²) in [6, 6.07) is 23.3. The molecule has 0 atom stereocenters. The van der Waals surface area contributed by atoms with Crippen LogP contribution in [0.1, 0.15) is 95.0 Å². The van der Waals surface area contributed by atoms with Crippen LogP contribution in [0.2, 0.25) is 0 Å². The number of hydrogen-bond acceptors (Lipinski definition) is 14. The van der Waals surface area contributed by atoms with Gasteiger partial charge in [0.05, 0.1) is 75.6 Å². The highest BCUT2D eigenvalue weighted by molar-refractivity contribution is 7.40. The Kier molecular flexibility index (Phi) is 12.3. The molecule has 6 rings (SSSR count). The molecule has 12 nitrogen and oxygen atoms in total. The Morgan fingerprint density at radius 1 is 0.586 bits per heavy atom. The predicted octanol–water partition coefficient (Wildman–Crippen LogP) is 9.04. The SMILES string of the molecule is CCOC(=O)c1sc2sc(C(=O)OCC)c(COc3ccc(C4C(C#N)=C(C)NC(C)=C4C#N)cc3)c2c1COc1ccc(C2C(C#N)=C(C)NC(C)=C2C#N)cc1. The molecule has 0 unspecified atom stereocenters. The largest absolute Gasteiger partial charge is 0.489 e. The van der Waals surface area contributed by atoms with E-state index in [4.69, 9.17) is 18.9 Å². The van der Waals surface area contributed by atoms with Crippen molar-refractivity contribution in [3.8, 4) is 35.8 Å². The van der Waals surface area contributed by atoms with E-state index in [2.05, 4.69) is 34.9 Å². The van der Waals surface area contributed by atoms with E-state index in [1.54, 1.807) is 38.1 Å². The lowest BCUT2D eigenvalue weighted by atomic mass is 9.81. The Balaban J connectivity index is 1.33. The molecule has 2 aromatic carbocycles. The van der Waals surface area contributed by atoms with Crippen LogP contribution in [0.15, 0.2) is 93.6 Å². The first-order valence-electron chi connectivity index (χ1n) is 18.3. The number of ether oxygens (including phenoxy) is 4. The van der Waals surface area contributed by atoms with Gasteiger partial charge in [0.15, 0.2) is 0 Å². The van der Waals surface area contributed by atoms with Crippen LogP contribution in [0.25, 0.3) is 9.40 Å². The van der Waals surface area contributed by atoms with E-state index in [-0.39, 0.29) is 26.4 Å². The molecule has 4 aromatic rings. The van der Waals surface area contributed by atoms with E-state index < -0.39 is 23.8 Å². The number of hydrogen-bond donors (Lipinski definition) is 2. The second-order valence-electron chi connectivity index (χ2n) is 13.4. The van der Waals surface area contributed by atoms with Crippen molar-refractivity contribution >= 4 is 44.0 Å². The molecule has 0 fully saturated rings. The van der Waals surface area contributed by atoms with E-state index in [0.29, 0.717) is 86.9 Å². The van der Waals surface area contributed by atoms with Gasteiger partial charge in [-0.15, -0.1) is 22.7 Å². The number of allylic oxidation sites excluding steroid dienone is 8. The van der Waals surface area contributed by atoms with Crippen molar-refractivity contribution < 1.29 is 28.5 Å². The summed E-state index contributed by atoms with van der Waals surface area (Å²) in [5, 5.41) is 46.6. The first kappa shape index (κ1) is 40.8. The van der Waals surface area contributed by atoms with Gasteiger partial charge < -0.3 is 29.6 Å². The molecule has 2 aromatic heterocycles. The molecule has 0 spiro atoms. The van der Waals surface area contributed by atoms with Crippen molar-refractivity contribution in [3.05, 3.63) is 126 Å². The van der Waals surface area contributed by atoms with Gasteiger partial charge in [-0.3, -0.25) is 0 Å². The number of dihydropyridines is 2. The number of thiophene rings is 2. The van der Waals surface area contributed by atoms with Crippen LogP contribution in [0.5, 0.6) is 11.5 Å². The Hall–Kier alpha value is -6.84. The van der Waals surface area contributed by atoms with Crippen LogP contribution in [-0.4, -0.2) is 25.2 Å². The summed E-state index contributed by atoms with van der Waals surface area (Å²) >= 11 is 2.41. The minimum atomic E-state index is -0.528. The maximum absolute atomic E-state index is 13.3. The monoisotopic (exact) mass is 810 g/mol. The van der Waals surface area contributed by atoms with Gasteiger partial charge in [0.25, 0.3) is 0 Å². The number of nitriles is 4. The summed E-state index contributed by atoms with van der Waals surface area (Å²) in [6.07, 6.45) is 0. The summed E-state index contributed by atoms with van der Waals surface area (Å²) < 4.78 is 24.2. The molecule has 2 N–H and O–H groups in total. The Bertz CT molecular complexity index is 2370. The Labute approximate surface area is 344 Å². The molecule has 2 aliphatic rings. The zero-order valence-corrected chi connectivity index (χ0v) is 34.3. The number of fused-ring (bicyclic) bond motifs is 1. The summed E-state index contributed by atoms with van der Waals surface area (Å²) in [6.45, 7) is 10.9. The normalized spacial score (nSPS) is 14.6. The van der Waals surface area contributed by atoms with Gasteiger partial charge in [-0.05, 0) is 76.9 Å². The topological polar surface area (TPSA) is 190 Å². The molecule has 0 saturated heterocycles. The van der Waals surface area contributed by atoms with Gasteiger partial charge in [0, 0.05) is 39.3 Å². The Morgan fingerprint density at radius 2 is 0.914 bits per heavy atom. The average molecular weight is 811 g/mol. The van der Waals surface area contributed by atoms with Gasteiger partial charge in [-0.1, -0.05) is 24.3 Å². The first-order valence-corrected chi connectivity index (χ1v) is 20.0. The van der Waals surface area contributed by atoms with Crippen LogP contribution in [0.3, 0.4) is 0 Å². The highest BCUT2D eigenvalue weighted by Gasteiger charge is 2.32. The highest BCUT2D eigenvalue weighted by Crippen LogP contribution is 2.44.